The smallest absolute Gasteiger partial charge is 0.330 e. The zero-order chi connectivity index (χ0) is 100. The van der Waals surface area contributed by atoms with Crippen molar-refractivity contribution in [3.63, 3.8) is 0 Å². The maximum Gasteiger partial charge on any atom is 0.330 e. The second kappa shape index (κ2) is 50.4. The number of ketones is 1. The molecule has 0 aromatic carbocycles. The van der Waals surface area contributed by atoms with E-state index in [0.29, 0.717) is 81.5 Å². The highest BCUT2D eigenvalue weighted by Gasteiger charge is 2.49. The van der Waals surface area contributed by atoms with Gasteiger partial charge in [-0.25, -0.2) is 19.2 Å². The molecule has 0 saturated carbocycles. The Labute approximate surface area is 781 Å². The Morgan fingerprint density at radius 2 is 0.699 bits per heavy atom. The number of hydrogen-bond acceptors (Lipinski definition) is 29. The molecule has 4 unspecified atom stereocenters. The maximum absolute atomic E-state index is 12.4. The van der Waals surface area contributed by atoms with E-state index in [1.807, 2.05) is 59.8 Å². The molecule has 5 saturated heterocycles. The fourth-order valence-corrected chi connectivity index (χ4v) is 19.8. The predicted molar refractivity (Wildman–Crippen MR) is 540 cm³/mol. The van der Waals surface area contributed by atoms with Crippen LogP contribution >= 0.6 is 46.6 Å². The first-order valence-electron chi connectivity index (χ1n) is 44.0. The van der Waals surface area contributed by atoms with Crippen molar-refractivity contribution in [3.8, 4) is 0 Å². The number of nitrogens with one attached hydrogen (secondary N) is 7. The minimum atomic E-state index is -1.32. The second-order valence-corrected chi connectivity index (χ2v) is 60.9. The molecule has 0 spiro atoms. The minimum absolute atomic E-state index is 0.102. The van der Waals surface area contributed by atoms with E-state index in [2.05, 4.69) is 134 Å². The van der Waals surface area contributed by atoms with Gasteiger partial charge in [-0.05, 0) is 190 Å². The third kappa shape index (κ3) is 34.8. The third-order valence-electron chi connectivity index (χ3n) is 22.4. The van der Waals surface area contributed by atoms with Crippen LogP contribution in [0.25, 0.3) is 0 Å². The highest BCUT2D eigenvalue weighted by atomic mass is 32.1. The Balaban J connectivity index is 0.000000256. The van der Waals surface area contributed by atoms with Gasteiger partial charge in [-0.15, -0.1) is 65.9 Å². The number of aliphatic hydroxyl groups is 9. The molecule has 5 aromatic rings. The molecule has 133 heavy (non-hydrogen) atoms. The van der Waals surface area contributed by atoms with E-state index in [1.54, 1.807) is 6.20 Å². The molecule has 5 aliphatic rings. The molecular formula is C89H148N13O25P5S. The third-order valence-corrected chi connectivity index (χ3v) is 30.1. The average Bonchev–Trinajstić information content (AvgIpc) is 1.44. The molecule has 38 nitrogen and oxygen atoms in total. The molecule has 20 atom stereocenters. The van der Waals surface area contributed by atoms with Crippen molar-refractivity contribution in [3.05, 3.63) is 192 Å². The normalized spacial score (nSPS) is 25.8. The van der Waals surface area contributed by atoms with Gasteiger partial charge in [-0.2, -0.15) is 0 Å². The second-order valence-electron chi connectivity index (χ2n) is 39.0. The molecule has 16 N–H and O–H groups in total. The molecule has 44 heteroatoms. The Morgan fingerprint density at radius 1 is 0.414 bits per heavy atom. The van der Waals surface area contributed by atoms with Crippen molar-refractivity contribution in [2.24, 2.45) is 14.1 Å². The summed E-state index contributed by atoms with van der Waals surface area (Å²) in [5.74, 6) is -0.233. The summed E-state index contributed by atoms with van der Waals surface area (Å²) >= 11 is 5.26. The van der Waals surface area contributed by atoms with Crippen LogP contribution < -0.4 is 66.5 Å². The number of Topliss-reactive ketones (excluding diaryl/α,β-unsaturated/α-hetero) is 1. The Morgan fingerprint density at radius 3 is 1.03 bits per heavy atom. The van der Waals surface area contributed by atoms with Crippen LogP contribution in [-0.2, 0) is 73.4 Å². The molecule has 5 aromatic heterocycles. The number of aryl methyl sites for hydroxylation is 1. The first-order chi connectivity index (χ1) is 61.5. The van der Waals surface area contributed by atoms with E-state index in [1.165, 1.54) is 77.8 Å². The first kappa shape index (κ1) is 115. The van der Waals surface area contributed by atoms with Crippen LogP contribution in [0.5, 0.6) is 0 Å². The van der Waals surface area contributed by atoms with E-state index in [0.717, 1.165) is 50.1 Å². The lowest BCUT2D eigenvalue weighted by Gasteiger charge is -2.21. The summed E-state index contributed by atoms with van der Waals surface area (Å²) in [6.45, 7) is 30.6. The molecule has 10 heterocycles. The molecule has 0 aliphatic carbocycles. The van der Waals surface area contributed by atoms with Crippen LogP contribution in [0.15, 0.2) is 109 Å². The summed E-state index contributed by atoms with van der Waals surface area (Å²) < 4.78 is 42.0. The molecule has 10 rings (SSSR count). The lowest BCUT2D eigenvalue weighted by molar-refractivity contribution is -0.116. The maximum atomic E-state index is 12.4. The van der Waals surface area contributed by atoms with Gasteiger partial charge in [0.15, 0.2) is 29.7 Å². The number of carbonyl (C=O) groups is 1. The number of aromatic amines is 4. The van der Waals surface area contributed by atoms with Gasteiger partial charge in [-0.1, -0.05) is 34.9 Å². The molecule has 5 aliphatic heterocycles. The average molecular weight is 1990 g/mol. The van der Waals surface area contributed by atoms with Crippen LogP contribution in [0.4, 0.5) is 0 Å². The summed E-state index contributed by atoms with van der Waals surface area (Å²) in [6.07, 6.45) is 22.4. The largest absolute Gasteiger partial charge is 0.388 e. The van der Waals surface area contributed by atoms with Gasteiger partial charge in [0.25, 0.3) is 27.8 Å². The zero-order valence-electron chi connectivity index (χ0n) is 80.6. The molecule has 5 fully saturated rings. The van der Waals surface area contributed by atoms with Gasteiger partial charge in [0.1, 0.15) is 72.9 Å². The monoisotopic (exact) mass is 1990 g/mol. The number of ether oxygens (including phenoxy) is 6. The summed E-state index contributed by atoms with van der Waals surface area (Å²) in [6, 6.07) is 0. The standard InChI is InChI=1S/C20H34N3O5P.C19H32N3O5P.C19H32N3O4PS.C16H25N2O6P.C15H25N2O5P/c1-13(2)7-9-21-11-14-12-23(20(26)22-18(14)25)19-17(27-3)16(24)15(28-19)8-10-29(4,5)6;1-12(2)6-8-20-10-13-11-22(19(26)21-17(13)25)18-16(24)15(23)14(27-18)7-9-28(3,4)5;1-12(2)6-8-20-10-13-11-22(19(28)21-17(13)25)18-16(24)15(23)14(26-18)7-9-27(3,4)5;1-9(19)7-10-8-18(16(23)17-14(10)22)15-13(21)12(20)11(24-15)5-6-25(2,3)4;1-16-8-9(14(20)17(2)15(16)21)13-12(19)11(18)10(22-13)6-7-23(3,4)5/h7,12,15-17,19,21,24H,4,8-11H2,1-3,5-6H3,(H,22,25,26);6,11,14-16,18,20,23-24H,3,7-10H2,1-2,4-5H3,(H,21,25,26);6,11,14-16,18,20,23-24H,3,7-10H2,1-2,4-5H3,(H,21,25,28);8,11-13,15,20-21H,2,5-7H2,1,3-4H3,(H,17,22,23);8,10-13,18-19H,3,6-7H2,1-2,4-5H3/t15-,16-,17-,19?;2*14-,15-,16-,18?;11-,12-,13-,15?;10-,11-,12-,13+/m11111/s1. The van der Waals surface area contributed by atoms with Crippen molar-refractivity contribution in [1.29, 1.82) is 0 Å². The number of carbonyl (C=O) groups excluding carboxylic acids is 1. The highest BCUT2D eigenvalue weighted by molar-refractivity contribution is 7.73. The van der Waals surface area contributed by atoms with E-state index >= 15 is 0 Å². The Hall–Kier alpha value is -6.51. The minimum Gasteiger partial charge on any atom is -0.388 e. The van der Waals surface area contributed by atoms with Crippen molar-refractivity contribution in [2.75, 3.05) is 124 Å². The van der Waals surface area contributed by atoms with E-state index in [-0.39, 0.29) is 40.2 Å². The van der Waals surface area contributed by atoms with Gasteiger partial charge in [-0.3, -0.25) is 71.5 Å². The summed E-state index contributed by atoms with van der Waals surface area (Å²) in [7, 11) is 4.37. The van der Waals surface area contributed by atoms with E-state index in [9.17, 15) is 93.9 Å². The van der Waals surface area contributed by atoms with Gasteiger partial charge in [0.2, 0.25) is 0 Å². The number of aromatic nitrogens is 10. The zero-order valence-corrected chi connectivity index (χ0v) is 85.9. The molecule has 0 radical (unpaired) electrons. The molecule has 0 amide bonds. The van der Waals surface area contributed by atoms with Crippen LogP contribution in [0.2, 0.25) is 0 Å². The first-order valence-corrected chi connectivity index (χ1v) is 59.7. The number of nitrogens with zero attached hydrogens (tertiary/aromatic N) is 6. The number of H-pyrrole nitrogens is 4. The molecule has 0 bridgehead atoms. The molecular weight excluding hydrogens is 1840 g/mol. The molecule has 750 valence electrons. The number of aliphatic hydroxyl groups excluding tert-OH is 9. The number of hydrogen-bond donors (Lipinski definition) is 16. The van der Waals surface area contributed by atoms with Gasteiger partial charge >= 0.3 is 22.8 Å². The SMILES string of the molecule is C=P(C)(C)CC[C@H]1OC(n2cc(CC(C)=O)c(=O)[nH]c2=O)[C@H](O)[C@@H]1O.C=P(C)(C)CC[C@H]1OC(n2cc(CNCC=C(C)C)c(=O)[nH]c2=O)[C@H](O)[C@@H]1O.C=P(C)(C)CC[C@H]1OC(n2cc(CNCC=C(C)C)c(=O)[nH]c2=O)[C@H](OC)[C@@H]1O.C=P(C)(C)CC[C@H]1OC(n2cc(CNCC=C(C)C)c(=O)[nH]c2=S)[C@H](O)[C@@H]1O.C=P(C)(C)CC[C@H]1O[C@@H](c2cn(C)c(=O)n(C)c2=O)[C@H](O)[C@@H]1O. The van der Waals surface area contributed by atoms with Crippen molar-refractivity contribution in [1.82, 2.24) is 63.3 Å². The fraction of sp³-hybridized carbons (Fsp3) is 0.640. The van der Waals surface area contributed by atoms with E-state index in [4.69, 9.17) is 40.6 Å². The van der Waals surface area contributed by atoms with Crippen LogP contribution in [0.3, 0.4) is 0 Å². The fourth-order valence-electron chi connectivity index (χ4n) is 14.8. The van der Waals surface area contributed by atoms with Crippen LogP contribution in [0.1, 0.15) is 139 Å². The van der Waals surface area contributed by atoms with Gasteiger partial charge in [0, 0.05) is 120 Å². The van der Waals surface area contributed by atoms with Crippen molar-refractivity contribution < 1.29 is 79.2 Å². The Bertz CT molecular complexity index is 5640. The van der Waals surface area contributed by atoms with Gasteiger partial charge in [0.05, 0.1) is 36.1 Å². The summed E-state index contributed by atoms with van der Waals surface area (Å²) in [5, 5.41) is 103. The summed E-state index contributed by atoms with van der Waals surface area (Å²) in [4.78, 5) is 130. The van der Waals surface area contributed by atoms with Crippen molar-refractivity contribution in [2.45, 2.75) is 229 Å². The predicted octanol–water partition coefficient (Wildman–Crippen LogP) is 1.69. The quantitative estimate of drug-likeness (QED) is 0.0119. The van der Waals surface area contributed by atoms with Crippen LogP contribution in [0, 0.1) is 4.77 Å². The topological polar surface area (TPSA) is 537 Å². The number of rotatable bonds is 35. The van der Waals surface area contributed by atoms with E-state index < -0.39 is 202 Å². The lowest BCUT2D eigenvalue weighted by Crippen LogP contribution is -2.40. The number of allylic oxidation sites excluding steroid dienone is 3. The lowest BCUT2D eigenvalue weighted by atomic mass is 10.0. The van der Waals surface area contributed by atoms with Crippen molar-refractivity contribution >= 4 is 83.9 Å². The highest BCUT2D eigenvalue weighted by Crippen LogP contribution is 2.45. The number of methoxy groups -OCH3 is 1. The van der Waals surface area contributed by atoms with Gasteiger partial charge < -0.3 is 94.9 Å². The Kier molecular flexibility index (Phi) is 43.6. The summed E-state index contributed by atoms with van der Waals surface area (Å²) in [5.41, 5.74) is 0.169. The van der Waals surface area contributed by atoms with Crippen LogP contribution in [-0.4, -0.2) is 346 Å².